The Morgan fingerprint density at radius 1 is 1.07 bits per heavy atom. The van der Waals surface area contributed by atoms with E-state index in [1.165, 1.54) is 4.90 Å². The Balaban J connectivity index is 1.48. The summed E-state index contributed by atoms with van der Waals surface area (Å²) in [5.41, 5.74) is 2.77. The highest BCUT2D eigenvalue weighted by atomic mass is 16.5. The van der Waals surface area contributed by atoms with Crippen LogP contribution in [0.15, 0.2) is 42.5 Å². The number of imide groups is 1. The Kier molecular flexibility index (Phi) is 5.54. The lowest BCUT2D eigenvalue weighted by molar-refractivity contribution is -0.121. The lowest BCUT2D eigenvalue weighted by Gasteiger charge is -2.13. The van der Waals surface area contributed by atoms with Crippen LogP contribution in [-0.2, 0) is 11.3 Å². The van der Waals surface area contributed by atoms with Crippen molar-refractivity contribution in [2.45, 2.75) is 26.3 Å². The second-order valence-electron chi connectivity index (χ2n) is 6.54. The Morgan fingerprint density at radius 2 is 1.85 bits per heavy atom. The third-order valence-electron chi connectivity index (χ3n) is 4.54. The van der Waals surface area contributed by atoms with Crippen LogP contribution in [0.2, 0.25) is 0 Å². The van der Waals surface area contributed by atoms with E-state index in [4.69, 9.17) is 4.74 Å². The largest absolute Gasteiger partial charge is 0.497 e. The van der Waals surface area contributed by atoms with Crippen molar-refractivity contribution in [3.63, 3.8) is 0 Å². The first-order valence-electron chi connectivity index (χ1n) is 8.86. The van der Waals surface area contributed by atoms with E-state index in [-0.39, 0.29) is 30.7 Å². The molecule has 1 N–H and O–H groups in total. The van der Waals surface area contributed by atoms with Gasteiger partial charge >= 0.3 is 0 Å². The van der Waals surface area contributed by atoms with Gasteiger partial charge in [-0.2, -0.15) is 0 Å². The molecule has 0 atom stereocenters. The highest BCUT2D eigenvalue weighted by Gasteiger charge is 2.34. The lowest BCUT2D eigenvalue weighted by Crippen LogP contribution is -2.32. The van der Waals surface area contributed by atoms with E-state index in [1.807, 2.05) is 37.3 Å². The number of aryl methyl sites for hydroxylation is 1. The highest BCUT2D eigenvalue weighted by molar-refractivity contribution is 6.21. The van der Waals surface area contributed by atoms with Crippen LogP contribution in [0.5, 0.6) is 5.75 Å². The van der Waals surface area contributed by atoms with Crippen molar-refractivity contribution in [1.29, 1.82) is 0 Å². The van der Waals surface area contributed by atoms with Crippen LogP contribution in [0.1, 0.15) is 44.7 Å². The zero-order valence-corrected chi connectivity index (χ0v) is 15.5. The third kappa shape index (κ3) is 4.16. The number of amides is 3. The molecule has 0 fully saturated rings. The number of benzene rings is 2. The fraction of sp³-hybridized carbons (Fsp3) is 0.286. The molecule has 0 saturated carbocycles. The smallest absolute Gasteiger partial charge is 0.261 e. The molecule has 0 aliphatic carbocycles. The van der Waals surface area contributed by atoms with Gasteiger partial charge in [0.2, 0.25) is 5.91 Å². The zero-order valence-electron chi connectivity index (χ0n) is 15.5. The standard InChI is InChI=1S/C21H22N2O4/c1-14-8-9-17-18(11-14)21(26)23(20(17)25)10-4-7-19(24)22-13-15-5-3-6-16(12-15)27-2/h3,5-6,8-9,11-12H,4,7,10,13H2,1-2H3,(H,22,24). The molecule has 1 aliphatic rings. The number of nitrogens with one attached hydrogen (secondary N) is 1. The highest BCUT2D eigenvalue weighted by Crippen LogP contribution is 2.24. The Hall–Kier alpha value is -3.15. The van der Waals surface area contributed by atoms with E-state index in [0.717, 1.165) is 16.9 Å². The molecule has 2 aromatic carbocycles. The van der Waals surface area contributed by atoms with E-state index >= 15 is 0 Å². The van der Waals surface area contributed by atoms with Gasteiger partial charge in [0.05, 0.1) is 18.2 Å². The maximum absolute atomic E-state index is 12.4. The molecule has 27 heavy (non-hydrogen) atoms. The van der Waals surface area contributed by atoms with Crippen molar-refractivity contribution in [2.24, 2.45) is 0 Å². The maximum atomic E-state index is 12.4. The van der Waals surface area contributed by atoms with Gasteiger partial charge in [-0.25, -0.2) is 0 Å². The van der Waals surface area contributed by atoms with Gasteiger partial charge in [-0.15, -0.1) is 0 Å². The summed E-state index contributed by atoms with van der Waals surface area (Å²) in [4.78, 5) is 38.0. The molecule has 0 radical (unpaired) electrons. The molecule has 0 saturated heterocycles. The summed E-state index contributed by atoms with van der Waals surface area (Å²) >= 11 is 0. The first-order chi connectivity index (χ1) is 13.0. The van der Waals surface area contributed by atoms with Gasteiger partial charge in [0.1, 0.15) is 5.75 Å². The molecular weight excluding hydrogens is 344 g/mol. The minimum atomic E-state index is -0.285. The summed E-state index contributed by atoms with van der Waals surface area (Å²) in [6.07, 6.45) is 0.671. The number of carbonyl (C=O) groups is 3. The fourth-order valence-corrected chi connectivity index (χ4v) is 3.08. The molecule has 2 aromatic rings. The van der Waals surface area contributed by atoms with Gasteiger partial charge in [-0.05, 0) is 43.2 Å². The van der Waals surface area contributed by atoms with Gasteiger partial charge < -0.3 is 10.1 Å². The molecular formula is C21H22N2O4. The number of hydrogen-bond donors (Lipinski definition) is 1. The van der Waals surface area contributed by atoms with Gasteiger partial charge in [-0.1, -0.05) is 23.8 Å². The van der Waals surface area contributed by atoms with E-state index < -0.39 is 0 Å². The van der Waals surface area contributed by atoms with Gasteiger partial charge in [0.25, 0.3) is 11.8 Å². The van der Waals surface area contributed by atoms with Crippen LogP contribution < -0.4 is 10.1 Å². The Bertz CT molecular complexity index is 892. The van der Waals surface area contributed by atoms with Crippen molar-refractivity contribution < 1.29 is 19.1 Å². The molecule has 3 amide bonds. The molecule has 0 aromatic heterocycles. The van der Waals surface area contributed by atoms with Gasteiger partial charge in [-0.3, -0.25) is 19.3 Å². The lowest BCUT2D eigenvalue weighted by atomic mass is 10.1. The summed E-state index contributed by atoms with van der Waals surface area (Å²) in [7, 11) is 1.60. The normalized spacial score (nSPS) is 12.9. The number of hydrogen-bond acceptors (Lipinski definition) is 4. The number of ether oxygens (including phenoxy) is 1. The van der Waals surface area contributed by atoms with Crippen molar-refractivity contribution >= 4 is 17.7 Å². The molecule has 6 heteroatoms. The minimum Gasteiger partial charge on any atom is -0.497 e. The van der Waals surface area contributed by atoms with Gasteiger partial charge in [0.15, 0.2) is 0 Å². The van der Waals surface area contributed by atoms with Crippen molar-refractivity contribution in [2.75, 3.05) is 13.7 Å². The Labute approximate surface area is 158 Å². The molecule has 1 aliphatic heterocycles. The van der Waals surface area contributed by atoms with Crippen LogP contribution in [0.4, 0.5) is 0 Å². The van der Waals surface area contributed by atoms with Crippen molar-refractivity contribution in [3.8, 4) is 5.75 Å². The van der Waals surface area contributed by atoms with E-state index in [1.54, 1.807) is 19.2 Å². The van der Waals surface area contributed by atoms with Crippen molar-refractivity contribution in [1.82, 2.24) is 10.2 Å². The monoisotopic (exact) mass is 366 g/mol. The molecule has 0 unspecified atom stereocenters. The number of fused-ring (bicyclic) bond motifs is 1. The van der Waals surface area contributed by atoms with Gasteiger partial charge in [0, 0.05) is 19.5 Å². The summed E-state index contributed by atoms with van der Waals surface area (Å²) in [6.45, 7) is 2.52. The third-order valence-corrected chi connectivity index (χ3v) is 4.54. The predicted octanol–water partition coefficient (Wildman–Crippen LogP) is 2.70. The first-order valence-corrected chi connectivity index (χ1v) is 8.86. The number of methoxy groups -OCH3 is 1. The summed E-state index contributed by atoms with van der Waals surface area (Å²) in [5, 5.41) is 2.84. The number of nitrogens with zero attached hydrogens (tertiary/aromatic N) is 1. The minimum absolute atomic E-state index is 0.120. The maximum Gasteiger partial charge on any atom is 0.261 e. The van der Waals surface area contributed by atoms with Crippen LogP contribution >= 0.6 is 0 Å². The molecule has 1 heterocycles. The zero-order chi connectivity index (χ0) is 19.4. The van der Waals surface area contributed by atoms with Crippen LogP contribution in [0.3, 0.4) is 0 Å². The average molecular weight is 366 g/mol. The molecule has 140 valence electrons. The topological polar surface area (TPSA) is 75.7 Å². The molecule has 6 nitrogen and oxygen atoms in total. The second-order valence-corrected chi connectivity index (χ2v) is 6.54. The fourth-order valence-electron chi connectivity index (χ4n) is 3.08. The average Bonchev–Trinajstić information content (AvgIpc) is 2.90. The summed E-state index contributed by atoms with van der Waals surface area (Å²) in [6, 6.07) is 12.7. The second kappa shape index (κ2) is 8.03. The summed E-state index contributed by atoms with van der Waals surface area (Å²) in [5.74, 6) is 0.0511. The Morgan fingerprint density at radius 3 is 2.63 bits per heavy atom. The number of rotatable bonds is 7. The van der Waals surface area contributed by atoms with E-state index in [2.05, 4.69) is 5.32 Å². The van der Waals surface area contributed by atoms with Crippen molar-refractivity contribution in [3.05, 3.63) is 64.7 Å². The SMILES string of the molecule is COc1cccc(CNC(=O)CCCN2C(=O)c3ccc(C)cc3C2=O)c1. The molecule has 0 bridgehead atoms. The van der Waals surface area contributed by atoms with E-state index in [0.29, 0.717) is 24.1 Å². The van der Waals surface area contributed by atoms with Crippen LogP contribution in [0, 0.1) is 6.92 Å². The van der Waals surface area contributed by atoms with Crippen LogP contribution in [-0.4, -0.2) is 36.3 Å². The predicted molar refractivity (Wildman–Crippen MR) is 101 cm³/mol. The number of carbonyl (C=O) groups excluding carboxylic acids is 3. The van der Waals surface area contributed by atoms with E-state index in [9.17, 15) is 14.4 Å². The first kappa shape index (κ1) is 18.6. The molecule has 0 spiro atoms. The summed E-state index contributed by atoms with van der Waals surface area (Å²) < 4.78 is 5.16. The quantitative estimate of drug-likeness (QED) is 0.765. The molecule has 3 rings (SSSR count). The van der Waals surface area contributed by atoms with Crippen LogP contribution in [0.25, 0.3) is 0 Å².